The fraction of sp³-hybridized carbons (Fsp3) is 0.273. The van der Waals surface area contributed by atoms with Crippen molar-refractivity contribution in [2.45, 2.75) is 25.8 Å². The van der Waals surface area contributed by atoms with Crippen molar-refractivity contribution in [3.05, 3.63) is 82.5 Å². The highest BCUT2D eigenvalue weighted by atomic mass is 19.1. The molecule has 0 spiro atoms. The highest BCUT2D eigenvalue weighted by Crippen LogP contribution is 2.37. The van der Waals surface area contributed by atoms with Crippen molar-refractivity contribution in [2.75, 3.05) is 13.6 Å². The number of hydrogen-bond acceptors (Lipinski definition) is 3. The Hall–Kier alpha value is -2.66. The molecule has 0 radical (unpaired) electrons. The van der Waals surface area contributed by atoms with E-state index in [0.29, 0.717) is 23.4 Å². The van der Waals surface area contributed by atoms with Crippen molar-refractivity contribution >= 4 is 0 Å². The molecule has 0 aliphatic carbocycles. The van der Waals surface area contributed by atoms with Gasteiger partial charge < -0.3 is 4.90 Å². The topological polar surface area (TPSA) is 29.0 Å². The summed E-state index contributed by atoms with van der Waals surface area (Å²) in [5.74, 6) is -0.761. The van der Waals surface area contributed by atoms with Crippen LogP contribution in [0.1, 0.15) is 34.7 Å². The van der Waals surface area contributed by atoms with Crippen LogP contribution in [0.5, 0.6) is 0 Å². The maximum atomic E-state index is 15.0. The maximum absolute atomic E-state index is 15.0. The first-order chi connectivity index (χ1) is 13.0. The zero-order valence-corrected chi connectivity index (χ0v) is 15.4. The van der Waals surface area contributed by atoms with Crippen LogP contribution in [0.25, 0.3) is 11.3 Å². The Kier molecular flexibility index (Phi) is 4.70. The van der Waals surface area contributed by atoms with Gasteiger partial charge in [0.2, 0.25) is 0 Å². The third kappa shape index (κ3) is 3.47. The lowest BCUT2D eigenvalue weighted by molar-refractivity contribution is 0.327. The Morgan fingerprint density at radius 2 is 1.78 bits per heavy atom. The van der Waals surface area contributed by atoms with E-state index >= 15 is 4.39 Å². The number of nitrogens with zero attached hydrogens (tertiary/aromatic N) is 3. The number of benzene rings is 2. The SMILES string of the molecule is Cc1ccc(-c2cc3c(cc2F)C(c2ccccc2F)CCN(C)C3)nn1. The molecule has 2 aromatic carbocycles. The third-order valence-corrected chi connectivity index (χ3v) is 5.20. The van der Waals surface area contributed by atoms with Gasteiger partial charge in [-0.1, -0.05) is 18.2 Å². The van der Waals surface area contributed by atoms with Crippen molar-refractivity contribution in [3.63, 3.8) is 0 Å². The van der Waals surface area contributed by atoms with E-state index in [1.54, 1.807) is 24.3 Å². The Labute approximate surface area is 157 Å². The zero-order valence-electron chi connectivity index (χ0n) is 15.4. The zero-order chi connectivity index (χ0) is 19.0. The molecule has 5 heteroatoms. The molecular weight excluding hydrogens is 344 g/mol. The smallest absolute Gasteiger partial charge is 0.132 e. The normalized spacial score (nSPS) is 17.4. The second-order valence-corrected chi connectivity index (χ2v) is 7.19. The summed E-state index contributed by atoms with van der Waals surface area (Å²) in [6, 6.07) is 13.8. The van der Waals surface area contributed by atoms with Crippen LogP contribution < -0.4 is 0 Å². The molecule has 0 saturated heterocycles. The molecule has 3 nitrogen and oxygen atoms in total. The molecule has 0 N–H and O–H groups in total. The van der Waals surface area contributed by atoms with Crippen molar-refractivity contribution < 1.29 is 8.78 Å². The molecule has 27 heavy (non-hydrogen) atoms. The number of aryl methyl sites for hydroxylation is 1. The number of aromatic nitrogens is 2. The molecule has 1 aromatic heterocycles. The van der Waals surface area contributed by atoms with Crippen LogP contribution in [0.15, 0.2) is 48.5 Å². The lowest BCUT2D eigenvalue weighted by Gasteiger charge is -2.19. The lowest BCUT2D eigenvalue weighted by Crippen LogP contribution is -2.17. The van der Waals surface area contributed by atoms with Gasteiger partial charge in [-0.2, -0.15) is 10.2 Å². The van der Waals surface area contributed by atoms with E-state index in [2.05, 4.69) is 15.1 Å². The van der Waals surface area contributed by atoms with Crippen LogP contribution in [0.4, 0.5) is 8.78 Å². The van der Waals surface area contributed by atoms with Gasteiger partial charge in [0.05, 0.1) is 11.4 Å². The second kappa shape index (κ2) is 7.16. The fourth-order valence-electron chi connectivity index (χ4n) is 3.79. The molecule has 1 aliphatic heterocycles. The van der Waals surface area contributed by atoms with Gasteiger partial charge in [-0.3, -0.25) is 0 Å². The molecule has 1 atom stereocenters. The Bertz CT molecular complexity index is 970. The first-order valence-electron chi connectivity index (χ1n) is 9.09. The molecule has 138 valence electrons. The summed E-state index contributed by atoms with van der Waals surface area (Å²) in [7, 11) is 2.03. The molecule has 0 amide bonds. The van der Waals surface area contributed by atoms with E-state index in [4.69, 9.17) is 0 Å². The Morgan fingerprint density at radius 1 is 0.963 bits per heavy atom. The molecule has 1 unspecified atom stereocenters. The second-order valence-electron chi connectivity index (χ2n) is 7.19. The molecule has 2 heterocycles. The van der Waals surface area contributed by atoms with Crippen LogP contribution in [0.2, 0.25) is 0 Å². The van der Waals surface area contributed by atoms with Gasteiger partial charge in [-0.25, -0.2) is 8.78 Å². The van der Waals surface area contributed by atoms with Crippen molar-refractivity contribution in [1.82, 2.24) is 15.1 Å². The number of fused-ring (bicyclic) bond motifs is 1. The van der Waals surface area contributed by atoms with Crippen LogP contribution in [0, 0.1) is 18.6 Å². The van der Waals surface area contributed by atoms with Crippen LogP contribution in [0.3, 0.4) is 0 Å². The standard InChI is InChI=1S/C22H21F2N3/c1-14-7-8-22(26-25-14)19-11-15-13-27(2)10-9-16(18(15)12-21(19)24)17-5-3-4-6-20(17)23/h3-8,11-12,16H,9-10,13H2,1-2H3. The molecule has 1 aliphatic rings. The molecule has 3 aromatic rings. The molecule has 0 bridgehead atoms. The van der Waals surface area contributed by atoms with Gasteiger partial charge in [0, 0.05) is 18.0 Å². The monoisotopic (exact) mass is 365 g/mol. The molecular formula is C22H21F2N3. The third-order valence-electron chi connectivity index (χ3n) is 5.20. The van der Waals surface area contributed by atoms with Crippen molar-refractivity contribution in [1.29, 1.82) is 0 Å². The van der Waals surface area contributed by atoms with Gasteiger partial charge in [-0.05, 0) is 74.0 Å². The summed E-state index contributed by atoms with van der Waals surface area (Å²) in [6.45, 7) is 3.35. The van der Waals surface area contributed by atoms with E-state index < -0.39 is 0 Å². The van der Waals surface area contributed by atoms with E-state index in [-0.39, 0.29) is 17.6 Å². The lowest BCUT2D eigenvalue weighted by atomic mass is 9.85. The summed E-state index contributed by atoms with van der Waals surface area (Å²) in [4.78, 5) is 2.18. The van der Waals surface area contributed by atoms with E-state index in [1.165, 1.54) is 6.07 Å². The summed E-state index contributed by atoms with van der Waals surface area (Å²) >= 11 is 0. The van der Waals surface area contributed by atoms with Gasteiger partial charge in [0.25, 0.3) is 0 Å². The Balaban J connectivity index is 1.85. The van der Waals surface area contributed by atoms with E-state index in [9.17, 15) is 4.39 Å². The predicted molar refractivity (Wildman–Crippen MR) is 101 cm³/mol. The minimum Gasteiger partial charge on any atom is -0.302 e. The summed E-state index contributed by atoms with van der Waals surface area (Å²) < 4.78 is 29.5. The summed E-state index contributed by atoms with van der Waals surface area (Å²) in [5.41, 5.74) is 4.21. The predicted octanol–water partition coefficient (Wildman–Crippen LogP) is 4.70. The number of halogens is 2. The summed E-state index contributed by atoms with van der Waals surface area (Å²) in [6.07, 6.45) is 0.744. The highest BCUT2D eigenvalue weighted by molar-refractivity contribution is 5.62. The van der Waals surface area contributed by atoms with Crippen LogP contribution >= 0.6 is 0 Å². The number of hydrogen-bond donors (Lipinski definition) is 0. The van der Waals surface area contributed by atoms with E-state index in [0.717, 1.165) is 29.8 Å². The van der Waals surface area contributed by atoms with Gasteiger partial charge in [0.1, 0.15) is 11.6 Å². The highest BCUT2D eigenvalue weighted by Gasteiger charge is 2.26. The quantitative estimate of drug-likeness (QED) is 0.659. The largest absolute Gasteiger partial charge is 0.302 e. The van der Waals surface area contributed by atoms with Crippen molar-refractivity contribution in [2.24, 2.45) is 0 Å². The first-order valence-corrected chi connectivity index (χ1v) is 9.09. The molecule has 0 fully saturated rings. The molecule has 0 saturated carbocycles. The first kappa shape index (κ1) is 17.7. The van der Waals surface area contributed by atoms with E-state index in [1.807, 2.05) is 32.2 Å². The summed E-state index contributed by atoms with van der Waals surface area (Å²) in [5, 5.41) is 8.17. The average molecular weight is 365 g/mol. The minimum absolute atomic E-state index is 0.168. The fourth-order valence-corrected chi connectivity index (χ4v) is 3.79. The van der Waals surface area contributed by atoms with Gasteiger partial charge in [0.15, 0.2) is 0 Å². The van der Waals surface area contributed by atoms with Crippen molar-refractivity contribution in [3.8, 4) is 11.3 Å². The van der Waals surface area contributed by atoms with Gasteiger partial charge >= 0.3 is 0 Å². The molecule has 4 rings (SSSR count). The van der Waals surface area contributed by atoms with Gasteiger partial charge in [-0.15, -0.1) is 0 Å². The average Bonchev–Trinajstić information content (AvgIpc) is 2.81. The van der Waals surface area contributed by atoms with Crippen LogP contribution in [-0.2, 0) is 6.54 Å². The number of rotatable bonds is 2. The maximum Gasteiger partial charge on any atom is 0.132 e. The Morgan fingerprint density at radius 3 is 2.52 bits per heavy atom. The van der Waals surface area contributed by atoms with Crippen LogP contribution in [-0.4, -0.2) is 28.7 Å². The minimum atomic E-state index is -0.349.